The summed E-state index contributed by atoms with van der Waals surface area (Å²) >= 11 is 0. The first-order valence-electron chi connectivity index (χ1n) is 6.25. The van der Waals surface area contributed by atoms with Crippen molar-refractivity contribution >= 4 is 5.97 Å². The van der Waals surface area contributed by atoms with Crippen LogP contribution in [0.4, 0.5) is 0 Å². The molecule has 0 aromatic heterocycles. The Balaban J connectivity index is 2.71. The summed E-state index contributed by atoms with van der Waals surface area (Å²) in [6.45, 7) is 13.7. The van der Waals surface area contributed by atoms with Crippen LogP contribution < -0.4 is 0 Å². The number of carbonyl (C=O) groups is 1. The van der Waals surface area contributed by atoms with Gasteiger partial charge >= 0.3 is 5.97 Å². The molecule has 0 saturated heterocycles. The van der Waals surface area contributed by atoms with Gasteiger partial charge in [-0.05, 0) is 59.0 Å². The fraction of sp³-hybridized carbons (Fsp3) is 0.667. The molecule has 2 nitrogen and oxygen atoms in total. The molecule has 0 bridgehead atoms. The minimum atomic E-state index is -0.434. The molecule has 0 aromatic carbocycles. The molecule has 1 aliphatic rings. The van der Waals surface area contributed by atoms with E-state index in [1.54, 1.807) is 0 Å². The van der Waals surface area contributed by atoms with Crippen molar-refractivity contribution in [3.63, 3.8) is 0 Å². The van der Waals surface area contributed by atoms with Crippen molar-refractivity contribution in [2.75, 3.05) is 0 Å². The van der Waals surface area contributed by atoms with Crippen LogP contribution in [0.25, 0.3) is 0 Å². The van der Waals surface area contributed by atoms with Crippen LogP contribution in [-0.4, -0.2) is 12.1 Å². The lowest BCUT2D eigenvalue weighted by Crippen LogP contribution is -2.31. The molecule has 1 rings (SSSR count). The van der Waals surface area contributed by atoms with E-state index in [4.69, 9.17) is 4.74 Å². The first-order valence-corrected chi connectivity index (χ1v) is 6.25. The summed E-state index contributed by atoms with van der Waals surface area (Å²) in [4.78, 5) is 11.9. The van der Waals surface area contributed by atoms with Crippen molar-refractivity contribution in [3.05, 3.63) is 23.8 Å². The predicted octanol–water partition coefficient (Wildman–Crippen LogP) is 3.88. The number of hydrogen-bond acceptors (Lipinski definition) is 2. The van der Waals surface area contributed by atoms with Crippen LogP contribution in [0, 0.1) is 11.3 Å². The summed E-state index contributed by atoms with van der Waals surface area (Å²) in [5, 5.41) is 0. The first kappa shape index (κ1) is 14.0. The van der Waals surface area contributed by atoms with Gasteiger partial charge in [0.25, 0.3) is 0 Å². The number of hydrogen-bond donors (Lipinski definition) is 0. The van der Waals surface area contributed by atoms with Crippen molar-refractivity contribution in [2.24, 2.45) is 11.3 Å². The molecular weight excluding hydrogens is 212 g/mol. The molecule has 0 spiro atoms. The van der Waals surface area contributed by atoms with E-state index in [-0.39, 0.29) is 12.1 Å². The Bertz CT molecular complexity index is 344. The normalized spacial score (nSPS) is 25.1. The van der Waals surface area contributed by atoms with Gasteiger partial charge in [0.1, 0.15) is 6.10 Å². The highest BCUT2D eigenvalue weighted by Gasteiger charge is 2.30. The highest BCUT2D eigenvalue weighted by molar-refractivity contribution is 5.75. The van der Waals surface area contributed by atoms with Gasteiger partial charge in [-0.2, -0.15) is 0 Å². The highest BCUT2D eigenvalue weighted by Crippen LogP contribution is 2.31. The molecule has 17 heavy (non-hydrogen) atoms. The summed E-state index contributed by atoms with van der Waals surface area (Å²) in [7, 11) is 0. The maximum atomic E-state index is 11.9. The van der Waals surface area contributed by atoms with E-state index in [0.29, 0.717) is 5.92 Å². The Morgan fingerprint density at radius 2 is 2.06 bits per heavy atom. The zero-order valence-electron chi connectivity index (χ0n) is 11.7. The van der Waals surface area contributed by atoms with Crippen LogP contribution >= 0.6 is 0 Å². The molecule has 2 atom stereocenters. The minimum Gasteiger partial charge on any atom is -0.457 e. The second-order valence-corrected chi connectivity index (χ2v) is 6.11. The van der Waals surface area contributed by atoms with Gasteiger partial charge in [-0.15, -0.1) is 0 Å². The van der Waals surface area contributed by atoms with E-state index in [0.717, 1.165) is 12.8 Å². The molecule has 0 N–H and O–H groups in total. The third kappa shape index (κ3) is 3.72. The molecule has 0 aliphatic heterocycles. The van der Waals surface area contributed by atoms with E-state index in [1.165, 1.54) is 11.1 Å². The summed E-state index contributed by atoms with van der Waals surface area (Å²) in [5.41, 5.74) is 1.90. The standard InChI is InChI=1S/C15H24O2/c1-10(2)12-8-7-11(3)13(9-12)17-14(16)15(4,5)6/h7,12-13H,1,8-9H2,2-6H3/t12-,13-/m1/s1. The average Bonchev–Trinajstić information content (AvgIpc) is 2.19. The van der Waals surface area contributed by atoms with E-state index in [1.807, 2.05) is 34.6 Å². The van der Waals surface area contributed by atoms with E-state index in [9.17, 15) is 4.79 Å². The molecule has 1 aliphatic carbocycles. The Morgan fingerprint density at radius 3 is 2.53 bits per heavy atom. The second kappa shape index (κ2) is 5.07. The van der Waals surface area contributed by atoms with E-state index < -0.39 is 5.41 Å². The quantitative estimate of drug-likeness (QED) is 0.537. The molecule has 0 unspecified atom stereocenters. The Labute approximate surface area is 105 Å². The molecule has 0 heterocycles. The Morgan fingerprint density at radius 1 is 1.47 bits per heavy atom. The summed E-state index contributed by atoms with van der Waals surface area (Å²) in [6.07, 6.45) is 3.99. The fourth-order valence-electron chi connectivity index (χ4n) is 1.85. The maximum absolute atomic E-state index is 11.9. The summed E-state index contributed by atoms with van der Waals surface area (Å²) in [6, 6.07) is 0. The van der Waals surface area contributed by atoms with Gasteiger partial charge in [0, 0.05) is 0 Å². The third-order valence-corrected chi connectivity index (χ3v) is 3.29. The van der Waals surface area contributed by atoms with Gasteiger partial charge in [-0.25, -0.2) is 0 Å². The lowest BCUT2D eigenvalue weighted by atomic mass is 9.84. The highest BCUT2D eigenvalue weighted by atomic mass is 16.5. The molecule has 96 valence electrons. The average molecular weight is 236 g/mol. The van der Waals surface area contributed by atoms with Gasteiger partial charge < -0.3 is 4.74 Å². The first-order chi connectivity index (χ1) is 7.71. The van der Waals surface area contributed by atoms with Crippen LogP contribution in [-0.2, 0) is 9.53 Å². The van der Waals surface area contributed by atoms with E-state index in [2.05, 4.69) is 12.7 Å². The number of carbonyl (C=O) groups excluding carboxylic acids is 1. The lowest BCUT2D eigenvalue weighted by molar-refractivity contribution is -0.157. The molecular formula is C15H24O2. The smallest absolute Gasteiger partial charge is 0.311 e. The molecule has 0 amide bonds. The van der Waals surface area contributed by atoms with Crippen LogP contribution in [0.15, 0.2) is 23.8 Å². The van der Waals surface area contributed by atoms with Crippen molar-refractivity contribution in [3.8, 4) is 0 Å². The van der Waals surface area contributed by atoms with Crippen LogP contribution in [0.2, 0.25) is 0 Å². The topological polar surface area (TPSA) is 26.3 Å². The van der Waals surface area contributed by atoms with Gasteiger partial charge in [0.05, 0.1) is 5.41 Å². The molecule has 0 fully saturated rings. The largest absolute Gasteiger partial charge is 0.457 e. The van der Waals surface area contributed by atoms with Crippen LogP contribution in [0.1, 0.15) is 47.5 Å². The van der Waals surface area contributed by atoms with Crippen LogP contribution in [0.3, 0.4) is 0 Å². The number of allylic oxidation sites excluding steroid dienone is 2. The number of esters is 1. The summed E-state index contributed by atoms with van der Waals surface area (Å²) in [5.74, 6) is 0.314. The van der Waals surface area contributed by atoms with Gasteiger partial charge in [-0.3, -0.25) is 4.79 Å². The van der Waals surface area contributed by atoms with Gasteiger partial charge in [-0.1, -0.05) is 18.2 Å². The number of rotatable bonds is 2. The zero-order chi connectivity index (χ0) is 13.2. The van der Waals surface area contributed by atoms with Crippen molar-refractivity contribution in [1.29, 1.82) is 0 Å². The van der Waals surface area contributed by atoms with Gasteiger partial charge in [0.15, 0.2) is 0 Å². The third-order valence-electron chi connectivity index (χ3n) is 3.29. The molecule has 0 radical (unpaired) electrons. The van der Waals surface area contributed by atoms with Gasteiger partial charge in [0.2, 0.25) is 0 Å². The van der Waals surface area contributed by atoms with Crippen LogP contribution in [0.5, 0.6) is 0 Å². The zero-order valence-corrected chi connectivity index (χ0v) is 11.7. The fourth-order valence-corrected chi connectivity index (χ4v) is 1.85. The Hall–Kier alpha value is -1.05. The number of ether oxygens (including phenoxy) is 1. The predicted molar refractivity (Wildman–Crippen MR) is 70.6 cm³/mol. The second-order valence-electron chi connectivity index (χ2n) is 6.11. The lowest BCUT2D eigenvalue weighted by Gasteiger charge is -2.30. The summed E-state index contributed by atoms with van der Waals surface area (Å²) < 4.78 is 5.60. The monoisotopic (exact) mass is 236 g/mol. The molecule has 0 aromatic rings. The molecule has 0 saturated carbocycles. The van der Waals surface area contributed by atoms with Crippen molar-refractivity contribution < 1.29 is 9.53 Å². The maximum Gasteiger partial charge on any atom is 0.311 e. The SMILES string of the molecule is C=C(C)[C@@H]1CC=C(C)[C@H](OC(=O)C(C)(C)C)C1. The van der Waals surface area contributed by atoms with E-state index >= 15 is 0 Å². The van der Waals surface area contributed by atoms with Crippen molar-refractivity contribution in [2.45, 2.75) is 53.6 Å². The van der Waals surface area contributed by atoms with Crippen molar-refractivity contribution in [1.82, 2.24) is 0 Å². The Kier molecular flexibility index (Phi) is 4.18. The minimum absolute atomic E-state index is 0.0721. The molecule has 2 heteroatoms.